The first-order valence-electron chi connectivity index (χ1n) is 8.80. The van der Waals surface area contributed by atoms with Gasteiger partial charge in [0.05, 0.1) is 17.5 Å². The molecule has 5 nitrogen and oxygen atoms in total. The van der Waals surface area contributed by atoms with Crippen molar-refractivity contribution in [1.29, 1.82) is 0 Å². The second kappa shape index (κ2) is 7.62. The maximum atomic E-state index is 11.5. The van der Waals surface area contributed by atoms with Crippen molar-refractivity contribution in [2.24, 2.45) is 11.7 Å². The lowest BCUT2D eigenvalue weighted by Gasteiger charge is -2.24. The van der Waals surface area contributed by atoms with Crippen LogP contribution >= 0.6 is 0 Å². The van der Waals surface area contributed by atoms with Crippen molar-refractivity contribution < 1.29 is 4.79 Å². The lowest BCUT2D eigenvalue weighted by molar-refractivity contribution is 0.0998. The lowest BCUT2D eigenvalue weighted by atomic mass is 9.94. The van der Waals surface area contributed by atoms with Gasteiger partial charge < -0.3 is 11.1 Å². The quantitative estimate of drug-likeness (QED) is 0.820. The summed E-state index contributed by atoms with van der Waals surface area (Å²) < 4.78 is 1.92. The van der Waals surface area contributed by atoms with Crippen molar-refractivity contribution in [2.45, 2.75) is 45.7 Å². The van der Waals surface area contributed by atoms with E-state index in [1.54, 1.807) is 6.20 Å². The molecule has 2 aromatic rings. The van der Waals surface area contributed by atoms with Crippen LogP contribution in [-0.4, -0.2) is 22.2 Å². The van der Waals surface area contributed by atoms with Crippen LogP contribution in [0, 0.1) is 5.92 Å². The first kappa shape index (κ1) is 16.7. The van der Waals surface area contributed by atoms with E-state index in [2.05, 4.69) is 41.6 Å². The smallest absolute Gasteiger partial charge is 0.252 e. The Morgan fingerprint density at radius 2 is 2.25 bits per heavy atom. The predicted molar refractivity (Wildman–Crippen MR) is 94.7 cm³/mol. The number of carbonyl (C=O) groups is 1. The van der Waals surface area contributed by atoms with E-state index in [1.165, 1.54) is 17.5 Å². The zero-order chi connectivity index (χ0) is 16.9. The number of benzene rings is 1. The molecule has 1 unspecified atom stereocenters. The average molecular weight is 326 g/mol. The molecule has 1 aromatic carbocycles. The van der Waals surface area contributed by atoms with Gasteiger partial charge in [-0.1, -0.05) is 37.6 Å². The minimum atomic E-state index is -0.377. The summed E-state index contributed by atoms with van der Waals surface area (Å²) in [5.74, 6) is 0.142. The number of nitrogens with zero attached hydrogens (tertiary/aromatic N) is 2. The Hall–Kier alpha value is -2.14. The van der Waals surface area contributed by atoms with Crippen molar-refractivity contribution in [2.75, 3.05) is 6.54 Å². The molecule has 1 aliphatic rings. The number of aromatic nitrogens is 2. The van der Waals surface area contributed by atoms with E-state index in [9.17, 15) is 4.79 Å². The van der Waals surface area contributed by atoms with Gasteiger partial charge in [-0.2, -0.15) is 5.10 Å². The number of nitrogens with two attached hydrogens (primary N) is 1. The van der Waals surface area contributed by atoms with E-state index in [0.29, 0.717) is 11.5 Å². The van der Waals surface area contributed by atoms with Gasteiger partial charge in [-0.3, -0.25) is 9.48 Å². The molecule has 128 valence electrons. The van der Waals surface area contributed by atoms with Crippen molar-refractivity contribution >= 4 is 5.91 Å². The number of amides is 1. The Balaban J connectivity index is 1.53. The number of aryl methyl sites for hydroxylation is 2. The first-order valence-corrected chi connectivity index (χ1v) is 8.80. The summed E-state index contributed by atoms with van der Waals surface area (Å²) in [6.45, 7) is 4.90. The number of fused-ring (bicyclic) bond motifs is 1. The molecule has 2 heterocycles. The Morgan fingerprint density at radius 1 is 1.42 bits per heavy atom. The number of nitrogens with one attached hydrogen (secondary N) is 1. The molecule has 1 atom stereocenters. The van der Waals surface area contributed by atoms with Gasteiger partial charge in [0.25, 0.3) is 5.91 Å². The van der Waals surface area contributed by atoms with Gasteiger partial charge in [-0.05, 0) is 42.9 Å². The summed E-state index contributed by atoms with van der Waals surface area (Å²) in [6.07, 6.45) is 5.86. The lowest BCUT2D eigenvalue weighted by Crippen LogP contribution is -2.30. The van der Waals surface area contributed by atoms with E-state index in [1.807, 2.05) is 4.68 Å². The number of primary amides is 1. The van der Waals surface area contributed by atoms with E-state index < -0.39 is 0 Å². The zero-order valence-corrected chi connectivity index (χ0v) is 14.3. The third-order valence-electron chi connectivity index (χ3n) is 4.74. The van der Waals surface area contributed by atoms with Crippen LogP contribution in [0.2, 0.25) is 0 Å². The number of hydrogen-bond donors (Lipinski definition) is 2. The maximum Gasteiger partial charge on any atom is 0.252 e. The van der Waals surface area contributed by atoms with Gasteiger partial charge in [0.15, 0.2) is 0 Å². The van der Waals surface area contributed by atoms with Crippen LogP contribution in [0.3, 0.4) is 0 Å². The molecular formula is C19H26N4O. The Morgan fingerprint density at radius 3 is 3.04 bits per heavy atom. The molecule has 1 amide bonds. The molecule has 3 rings (SSSR count). The van der Waals surface area contributed by atoms with E-state index >= 15 is 0 Å². The average Bonchev–Trinajstić information content (AvgIpc) is 2.99. The molecule has 0 saturated heterocycles. The van der Waals surface area contributed by atoms with Gasteiger partial charge in [-0.25, -0.2) is 0 Å². The topological polar surface area (TPSA) is 72.9 Å². The highest BCUT2D eigenvalue weighted by atomic mass is 16.1. The SMILES string of the molecule is CCCc1cccc(CNCC2CCn3ncc(C(N)=O)c3C2)c1. The number of carbonyl (C=O) groups excluding carboxylic acids is 1. The summed E-state index contributed by atoms with van der Waals surface area (Å²) in [5, 5.41) is 7.83. The van der Waals surface area contributed by atoms with Crippen molar-refractivity contribution in [3.63, 3.8) is 0 Å². The molecular weight excluding hydrogens is 300 g/mol. The summed E-state index contributed by atoms with van der Waals surface area (Å²) in [7, 11) is 0. The van der Waals surface area contributed by atoms with Crippen LogP contribution in [0.1, 0.15) is 46.9 Å². The number of rotatable bonds is 7. The highest BCUT2D eigenvalue weighted by Gasteiger charge is 2.23. The van der Waals surface area contributed by atoms with Crippen LogP contribution in [0.15, 0.2) is 30.5 Å². The third kappa shape index (κ3) is 3.85. The fourth-order valence-electron chi connectivity index (χ4n) is 3.48. The molecule has 0 saturated carbocycles. The summed E-state index contributed by atoms with van der Waals surface area (Å²) >= 11 is 0. The standard InChI is InChI=1S/C19H26N4O/c1-2-4-14-5-3-6-15(9-14)11-21-12-16-7-8-23-18(10-16)17(13-22-23)19(20)24/h3,5-6,9,13,16,21H,2,4,7-8,10-12H2,1H3,(H2,20,24). The van der Waals surface area contributed by atoms with Crippen molar-refractivity contribution in [3.05, 3.63) is 52.8 Å². The molecule has 0 aliphatic carbocycles. The fraction of sp³-hybridized carbons (Fsp3) is 0.474. The highest BCUT2D eigenvalue weighted by Crippen LogP contribution is 2.22. The van der Waals surface area contributed by atoms with Gasteiger partial charge in [-0.15, -0.1) is 0 Å². The van der Waals surface area contributed by atoms with E-state index in [-0.39, 0.29) is 5.91 Å². The Kier molecular flexibility index (Phi) is 5.30. The van der Waals surface area contributed by atoms with Gasteiger partial charge in [0, 0.05) is 13.1 Å². The normalized spacial score (nSPS) is 16.8. The van der Waals surface area contributed by atoms with Gasteiger partial charge in [0.2, 0.25) is 0 Å². The second-order valence-electron chi connectivity index (χ2n) is 6.65. The molecule has 0 spiro atoms. The molecule has 1 aliphatic heterocycles. The Bertz CT molecular complexity index is 707. The monoisotopic (exact) mass is 326 g/mol. The van der Waals surface area contributed by atoms with Crippen LogP contribution in [-0.2, 0) is 25.9 Å². The summed E-state index contributed by atoms with van der Waals surface area (Å²) in [5.41, 5.74) is 9.74. The second-order valence-corrected chi connectivity index (χ2v) is 6.65. The molecule has 3 N–H and O–H groups in total. The largest absolute Gasteiger partial charge is 0.365 e. The van der Waals surface area contributed by atoms with Crippen LogP contribution in [0.4, 0.5) is 0 Å². The molecule has 0 radical (unpaired) electrons. The van der Waals surface area contributed by atoms with Crippen LogP contribution in [0.25, 0.3) is 0 Å². The minimum Gasteiger partial charge on any atom is -0.365 e. The molecule has 0 fully saturated rings. The molecule has 5 heteroatoms. The van der Waals surface area contributed by atoms with Gasteiger partial charge >= 0.3 is 0 Å². The summed E-state index contributed by atoms with van der Waals surface area (Å²) in [6, 6.07) is 8.80. The predicted octanol–water partition coefficient (Wildman–Crippen LogP) is 2.29. The van der Waals surface area contributed by atoms with Crippen molar-refractivity contribution in [3.8, 4) is 0 Å². The van der Waals surface area contributed by atoms with Crippen LogP contribution in [0.5, 0.6) is 0 Å². The third-order valence-corrected chi connectivity index (χ3v) is 4.74. The number of hydrogen-bond acceptors (Lipinski definition) is 3. The minimum absolute atomic E-state index is 0.377. The Labute approximate surface area is 143 Å². The van der Waals surface area contributed by atoms with Crippen molar-refractivity contribution in [1.82, 2.24) is 15.1 Å². The molecule has 0 bridgehead atoms. The highest BCUT2D eigenvalue weighted by molar-refractivity contribution is 5.93. The fourth-order valence-corrected chi connectivity index (χ4v) is 3.48. The molecule has 24 heavy (non-hydrogen) atoms. The van der Waals surface area contributed by atoms with Crippen LogP contribution < -0.4 is 11.1 Å². The zero-order valence-electron chi connectivity index (χ0n) is 14.3. The van der Waals surface area contributed by atoms with E-state index in [4.69, 9.17) is 5.73 Å². The summed E-state index contributed by atoms with van der Waals surface area (Å²) in [4.78, 5) is 11.5. The van der Waals surface area contributed by atoms with E-state index in [0.717, 1.165) is 44.6 Å². The maximum absolute atomic E-state index is 11.5. The van der Waals surface area contributed by atoms with Gasteiger partial charge in [0.1, 0.15) is 0 Å². The molecule has 1 aromatic heterocycles. The first-order chi connectivity index (χ1) is 11.7.